The van der Waals surface area contributed by atoms with Crippen molar-refractivity contribution in [3.05, 3.63) is 59.7 Å². The lowest BCUT2D eigenvalue weighted by molar-refractivity contribution is 0.00774. The molecule has 12 heteroatoms. The Bertz CT molecular complexity index is 1310. The fraction of sp³-hybridized carbons (Fsp3) is 0.444. The minimum absolute atomic E-state index is 0.0438. The minimum atomic E-state index is -0.618. The maximum atomic E-state index is 12.5. The van der Waals surface area contributed by atoms with Crippen LogP contribution in [0.15, 0.2) is 48.5 Å². The molecule has 3 fully saturated rings. The third-order valence-corrected chi connectivity index (χ3v) is 7.31. The number of ketones is 1. The first-order valence-corrected chi connectivity index (χ1v) is 13.0. The van der Waals surface area contributed by atoms with Crippen molar-refractivity contribution in [2.24, 2.45) is 0 Å². The molecular weight excluding hydrogens is 504 g/mol. The molecule has 0 bridgehead atoms. The van der Waals surface area contributed by atoms with Crippen LogP contribution in [0, 0.1) is 0 Å². The van der Waals surface area contributed by atoms with Gasteiger partial charge in [-0.15, -0.1) is 5.10 Å². The number of aromatic nitrogens is 4. The number of benzene rings is 2. The molecule has 1 amide bonds. The van der Waals surface area contributed by atoms with E-state index in [1.54, 1.807) is 28.9 Å². The quantitative estimate of drug-likeness (QED) is 0.451. The highest BCUT2D eigenvalue weighted by Gasteiger charge is 2.51. The first-order valence-electron chi connectivity index (χ1n) is 13.0. The minimum Gasteiger partial charge on any atom is -0.441 e. The van der Waals surface area contributed by atoms with E-state index in [4.69, 9.17) is 18.9 Å². The standard InChI is InChI=1S/C27H30N6O6/c1-17(34)19-6-8-21(9-7-19)28-27(35)39-23-16-38-24-22(15-37-25(23)24)33-26(29-30-31-33)20-4-2-18(3-5-20)14-32-10-12-36-13-11-32/h2-9,22-25H,10-16H2,1H3,(H,28,35)/t22-,23+,24+,25+/m0/s1. The highest BCUT2D eigenvalue weighted by molar-refractivity contribution is 5.95. The second-order valence-corrected chi connectivity index (χ2v) is 9.90. The summed E-state index contributed by atoms with van der Waals surface area (Å²) in [6.07, 6.45) is -1.99. The van der Waals surface area contributed by atoms with Gasteiger partial charge in [-0.25, -0.2) is 9.48 Å². The van der Waals surface area contributed by atoms with Gasteiger partial charge in [-0.2, -0.15) is 0 Å². The van der Waals surface area contributed by atoms with Crippen LogP contribution in [0.25, 0.3) is 11.4 Å². The van der Waals surface area contributed by atoms with Crippen molar-refractivity contribution in [2.75, 3.05) is 44.8 Å². The molecule has 0 unspecified atom stereocenters. The lowest BCUT2D eigenvalue weighted by Crippen LogP contribution is -2.35. The second kappa shape index (κ2) is 11.2. The Morgan fingerprint density at radius 2 is 1.74 bits per heavy atom. The van der Waals surface area contributed by atoms with Crippen LogP contribution in [0.4, 0.5) is 10.5 Å². The van der Waals surface area contributed by atoms with E-state index in [1.165, 1.54) is 12.5 Å². The van der Waals surface area contributed by atoms with Crippen molar-refractivity contribution in [1.82, 2.24) is 25.1 Å². The lowest BCUT2D eigenvalue weighted by Gasteiger charge is -2.26. The summed E-state index contributed by atoms with van der Waals surface area (Å²) in [5.74, 6) is 0.583. The Kier molecular flexibility index (Phi) is 7.33. The van der Waals surface area contributed by atoms with Crippen LogP contribution in [0.2, 0.25) is 0 Å². The number of tetrazole rings is 1. The van der Waals surface area contributed by atoms with Crippen molar-refractivity contribution in [3.8, 4) is 11.4 Å². The van der Waals surface area contributed by atoms with Gasteiger partial charge in [0.05, 0.1) is 26.4 Å². The summed E-state index contributed by atoms with van der Waals surface area (Å²) < 4.78 is 24.8. The van der Waals surface area contributed by atoms with E-state index in [1.807, 2.05) is 12.1 Å². The van der Waals surface area contributed by atoms with Gasteiger partial charge in [0.1, 0.15) is 18.2 Å². The number of carbonyl (C=O) groups excluding carboxylic acids is 2. The van der Waals surface area contributed by atoms with Crippen molar-refractivity contribution >= 4 is 17.6 Å². The number of nitrogens with one attached hydrogen (secondary N) is 1. The summed E-state index contributed by atoms with van der Waals surface area (Å²) in [6, 6.07) is 14.6. The maximum absolute atomic E-state index is 12.5. The smallest absolute Gasteiger partial charge is 0.412 e. The lowest BCUT2D eigenvalue weighted by atomic mass is 10.1. The molecule has 3 aliphatic heterocycles. The molecule has 0 spiro atoms. The van der Waals surface area contributed by atoms with Crippen LogP contribution in [-0.2, 0) is 25.5 Å². The highest BCUT2D eigenvalue weighted by Crippen LogP contribution is 2.37. The zero-order chi connectivity index (χ0) is 26.8. The third kappa shape index (κ3) is 5.55. The number of nitrogens with zero attached hydrogens (tertiary/aromatic N) is 5. The number of hydrogen-bond donors (Lipinski definition) is 1. The van der Waals surface area contributed by atoms with Crippen LogP contribution in [0.1, 0.15) is 28.9 Å². The van der Waals surface area contributed by atoms with E-state index in [9.17, 15) is 9.59 Å². The van der Waals surface area contributed by atoms with Gasteiger partial charge < -0.3 is 18.9 Å². The fourth-order valence-electron chi connectivity index (χ4n) is 5.21. The van der Waals surface area contributed by atoms with Gasteiger partial charge >= 0.3 is 6.09 Å². The number of Topliss-reactive ketones (excluding diaryl/α,β-unsaturated/α-hetero) is 1. The number of anilines is 1. The molecule has 1 N–H and O–H groups in total. The van der Waals surface area contributed by atoms with E-state index < -0.39 is 18.3 Å². The normalized spacial score (nSPS) is 24.8. The third-order valence-electron chi connectivity index (χ3n) is 7.31. The van der Waals surface area contributed by atoms with Crippen LogP contribution in [0.5, 0.6) is 0 Å². The predicted molar refractivity (Wildman–Crippen MR) is 138 cm³/mol. The number of morpholine rings is 1. The summed E-state index contributed by atoms with van der Waals surface area (Å²) in [5.41, 5.74) is 3.21. The van der Waals surface area contributed by atoms with E-state index in [0.717, 1.165) is 38.4 Å². The molecule has 3 saturated heterocycles. The Hall–Kier alpha value is -3.71. The summed E-state index contributed by atoms with van der Waals surface area (Å²) in [4.78, 5) is 26.3. The summed E-state index contributed by atoms with van der Waals surface area (Å²) in [7, 11) is 0. The monoisotopic (exact) mass is 534 g/mol. The SMILES string of the molecule is CC(=O)c1ccc(NC(=O)O[C@@H]2CO[C@H]3[C@@H]2OC[C@@H]3n2nnnc2-c2ccc(CN3CCOCC3)cc2)cc1. The van der Waals surface area contributed by atoms with Gasteiger partial charge in [0.15, 0.2) is 17.7 Å². The first kappa shape index (κ1) is 25.6. The van der Waals surface area contributed by atoms with Crippen molar-refractivity contribution < 1.29 is 28.5 Å². The van der Waals surface area contributed by atoms with E-state index in [-0.39, 0.29) is 24.5 Å². The number of rotatable bonds is 7. The summed E-state index contributed by atoms with van der Waals surface area (Å²) in [6.45, 7) is 6.31. The molecular formula is C27H30N6O6. The molecule has 12 nitrogen and oxygen atoms in total. The molecule has 0 radical (unpaired) electrons. The number of hydrogen-bond acceptors (Lipinski definition) is 10. The topological polar surface area (TPSA) is 130 Å². The Morgan fingerprint density at radius 3 is 2.49 bits per heavy atom. The zero-order valence-electron chi connectivity index (χ0n) is 21.6. The molecule has 6 rings (SSSR count). The van der Waals surface area contributed by atoms with Crippen LogP contribution < -0.4 is 5.32 Å². The van der Waals surface area contributed by atoms with Gasteiger partial charge in [0.25, 0.3) is 0 Å². The average molecular weight is 535 g/mol. The van der Waals surface area contributed by atoms with Crippen LogP contribution in [0.3, 0.4) is 0 Å². The molecule has 1 aromatic heterocycles. The molecule has 3 aromatic rings. The van der Waals surface area contributed by atoms with E-state index >= 15 is 0 Å². The average Bonchev–Trinajstić information content (AvgIpc) is 3.68. The van der Waals surface area contributed by atoms with Gasteiger partial charge in [-0.05, 0) is 47.2 Å². The van der Waals surface area contributed by atoms with Crippen molar-refractivity contribution in [3.63, 3.8) is 0 Å². The fourth-order valence-corrected chi connectivity index (χ4v) is 5.21. The molecule has 4 heterocycles. The Labute approximate surface area is 225 Å². The highest BCUT2D eigenvalue weighted by atomic mass is 16.6. The van der Waals surface area contributed by atoms with Crippen molar-refractivity contribution in [1.29, 1.82) is 0 Å². The number of ether oxygens (including phenoxy) is 4. The number of carbonyl (C=O) groups is 2. The van der Waals surface area contributed by atoms with E-state index in [2.05, 4.69) is 37.9 Å². The molecule has 2 aromatic carbocycles. The molecule has 204 valence electrons. The largest absolute Gasteiger partial charge is 0.441 e. The molecule has 39 heavy (non-hydrogen) atoms. The Balaban J connectivity index is 1.08. The predicted octanol–water partition coefficient (Wildman–Crippen LogP) is 2.33. The Morgan fingerprint density at radius 1 is 1.00 bits per heavy atom. The molecule has 0 saturated carbocycles. The number of fused-ring (bicyclic) bond motifs is 1. The molecule has 3 aliphatic rings. The summed E-state index contributed by atoms with van der Waals surface area (Å²) >= 11 is 0. The molecule has 4 atom stereocenters. The van der Waals surface area contributed by atoms with Gasteiger partial charge in [-0.1, -0.05) is 24.3 Å². The van der Waals surface area contributed by atoms with Crippen LogP contribution >= 0.6 is 0 Å². The van der Waals surface area contributed by atoms with Crippen LogP contribution in [-0.4, -0.2) is 94.8 Å². The van der Waals surface area contributed by atoms with Crippen molar-refractivity contribution in [2.45, 2.75) is 37.8 Å². The van der Waals surface area contributed by atoms with Gasteiger partial charge in [0.2, 0.25) is 0 Å². The first-order chi connectivity index (χ1) is 19.0. The van der Waals surface area contributed by atoms with E-state index in [0.29, 0.717) is 23.7 Å². The van der Waals surface area contributed by atoms with Gasteiger partial charge in [-0.3, -0.25) is 15.0 Å². The summed E-state index contributed by atoms with van der Waals surface area (Å²) in [5, 5.41) is 15.1. The molecule has 0 aliphatic carbocycles. The second-order valence-electron chi connectivity index (χ2n) is 9.90. The zero-order valence-corrected chi connectivity index (χ0v) is 21.6. The number of amides is 1. The van der Waals surface area contributed by atoms with Gasteiger partial charge in [0, 0.05) is 36.4 Å². The maximum Gasteiger partial charge on any atom is 0.412 e.